The second-order valence-corrected chi connectivity index (χ2v) is 7.31. The van der Waals surface area contributed by atoms with E-state index in [1.165, 1.54) is 18.0 Å². The summed E-state index contributed by atoms with van der Waals surface area (Å²) in [4.78, 5) is 19.9. The van der Waals surface area contributed by atoms with Gasteiger partial charge in [-0.2, -0.15) is 5.10 Å². The molecule has 0 radical (unpaired) electrons. The molecule has 0 saturated carbocycles. The fraction of sp³-hybridized carbons (Fsp3) is 0.105. The predicted octanol–water partition coefficient (Wildman–Crippen LogP) is 2.96. The Balaban J connectivity index is 1.56. The maximum Gasteiger partial charge on any atom is 0.262 e. The van der Waals surface area contributed by atoms with Crippen LogP contribution in [0.15, 0.2) is 68.4 Å². The van der Waals surface area contributed by atoms with E-state index in [0.29, 0.717) is 27.2 Å². The van der Waals surface area contributed by atoms with Gasteiger partial charge < -0.3 is 14.0 Å². The number of furan rings is 1. The minimum atomic E-state index is -0.257. The Bertz CT molecular complexity index is 1380. The summed E-state index contributed by atoms with van der Waals surface area (Å²) in [6.07, 6.45) is 3.13. The number of H-pyrrole nitrogens is 1. The second-order valence-electron chi connectivity index (χ2n) is 6.36. The molecule has 1 N–H and O–H groups in total. The zero-order valence-corrected chi connectivity index (χ0v) is 16.3. The number of para-hydroxylation sites is 1. The second kappa shape index (κ2) is 6.74. The van der Waals surface area contributed by atoms with Crippen LogP contribution in [0.25, 0.3) is 28.1 Å². The number of rotatable bonds is 4. The quantitative estimate of drug-likeness (QED) is 0.458. The minimum absolute atomic E-state index is 0.257. The van der Waals surface area contributed by atoms with Crippen LogP contribution in [-0.2, 0) is 7.05 Å². The molecule has 4 heterocycles. The van der Waals surface area contributed by atoms with Gasteiger partial charge in [-0.05, 0) is 36.9 Å². The van der Waals surface area contributed by atoms with Crippen LogP contribution in [0.1, 0.15) is 5.76 Å². The molecule has 0 spiro atoms. The van der Waals surface area contributed by atoms with Crippen molar-refractivity contribution in [1.82, 2.24) is 34.5 Å². The highest BCUT2D eigenvalue weighted by molar-refractivity contribution is 7.99. The van der Waals surface area contributed by atoms with Crippen LogP contribution in [0.3, 0.4) is 0 Å². The predicted molar refractivity (Wildman–Crippen MR) is 107 cm³/mol. The standard InChI is InChI=1S/C19H15N7O2S/c1-11-13(8-9-28-11)16-23-24-19(25(16)2)29-18-21-15-14(17(27)22-18)10-20-26(15)12-6-4-3-5-7-12/h3-10H,1-2H3,(H,21,22,27). The third kappa shape index (κ3) is 2.93. The lowest BCUT2D eigenvalue weighted by atomic mass is 10.2. The summed E-state index contributed by atoms with van der Waals surface area (Å²) in [5.74, 6) is 1.44. The first-order valence-electron chi connectivity index (χ1n) is 8.77. The van der Waals surface area contributed by atoms with Gasteiger partial charge in [0.2, 0.25) is 0 Å². The molecule has 0 atom stereocenters. The number of hydrogen-bond acceptors (Lipinski definition) is 7. The van der Waals surface area contributed by atoms with Crippen molar-refractivity contribution in [3.05, 3.63) is 65.0 Å². The third-order valence-corrected chi connectivity index (χ3v) is 5.46. The molecule has 10 heteroatoms. The van der Waals surface area contributed by atoms with Crippen LogP contribution in [0.5, 0.6) is 0 Å². The van der Waals surface area contributed by atoms with E-state index < -0.39 is 0 Å². The average molecular weight is 405 g/mol. The summed E-state index contributed by atoms with van der Waals surface area (Å²) in [5.41, 5.74) is 1.92. The average Bonchev–Trinajstić information content (AvgIpc) is 3.42. The summed E-state index contributed by atoms with van der Waals surface area (Å²) >= 11 is 1.23. The molecule has 0 bridgehead atoms. The van der Waals surface area contributed by atoms with Crippen molar-refractivity contribution in [2.75, 3.05) is 0 Å². The topological polar surface area (TPSA) is 107 Å². The van der Waals surface area contributed by atoms with E-state index in [9.17, 15) is 4.79 Å². The van der Waals surface area contributed by atoms with Gasteiger partial charge in [0.1, 0.15) is 11.1 Å². The molecule has 4 aromatic heterocycles. The van der Waals surface area contributed by atoms with Gasteiger partial charge in [-0.25, -0.2) is 9.67 Å². The number of aryl methyl sites for hydroxylation is 1. The molecule has 29 heavy (non-hydrogen) atoms. The highest BCUT2D eigenvalue weighted by atomic mass is 32.2. The van der Waals surface area contributed by atoms with E-state index in [4.69, 9.17) is 4.42 Å². The van der Waals surface area contributed by atoms with Crippen LogP contribution in [0.4, 0.5) is 0 Å². The smallest absolute Gasteiger partial charge is 0.262 e. The molecule has 5 aromatic rings. The van der Waals surface area contributed by atoms with Crippen molar-refractivity contribution < 1.29 is 4.42 Å². The first kappa shape index (κ1) is 17.4. The van der Waals surface area contributed by atoms with Gasteiger partial charge in [0.15, 0.2) is 21.8 Å². The van der Waals surface area contributed by atoms with Crippen molar-refractivity contribution in [3.8, 4) is 17.1 Å². The first-order valence-corrected chi connectivity index (χ1v) is 9.58. The van der Waals surface area contributed by atoms with E-state index in [-0.39, 0.29) is 5.56 Å². The van der Waals surface area contributed by atoms with Crippen LogP contribution in [-0.4, -0.2) is 34.5 Å². The molecule has 5 rings (SSSR count). The van der Waals surface area contributed by atoms with Crippen molar-refractivity contribution in [2.45, 2.75) is 17.2 Å². The number of hydrogen-bond donors (Lipinski definition) is 1. The van der Waals surface area contributed by atoms with E-state index in [0.717, 1.165) is 17.0 Å². The molecule has 144 valence electrons. The van der Waals surface area contributed by atoms with Crippen molar-refractivity contribution in [1.29, 1.82) is 0 Å². The van der Waals surface area contributed by atoms with Gasteiger partial charge in [-0.1, -0.05) is 18.2 Å². The Morgan fingerprint density at radius 3 is 2.72 bits per heavy atom. The molecule has 0 amide bonds. The highest BCUT2D eigenvalue weighted by Gasteiger charge is 2.18. The van der Waals surface area contributed by atoms with Gasteiger partial charge in [0.05, 0.1) is 23.7 Å². The maximum absolute atomic E-state index is 12.5. The molecule has 9 nitrogen and oxygen atoms in total. The zero-order chi connectivity index (χ0) is 20.0. The van der Waals surface area contributed by atoms with Gasteiger partial charge in [0, 0.05) is 7.05 Å². The first-order chi connectivity index (χ1) is 14.1. The molecule has 1 aromatic carbocycles. The number of aromatic amines is 1. The number of fused-ring (bicyclic) bond motifs is 1. The molecule has 0 aliphatic carbocycles. The van der Waals surface area contributed by atoms with Crippen LogP contribution in [0.2, 0.25) is 0 Å². The lowest BCUT2D eigenvalue weighted by molar-refractivity contribution is 0.534. The molecule has 0 saturated heterocycles. The van der Waals surface area contributed by atoms with Gasteiger partial charge in [-0.3, -0.25) is 4.79 Å². The zero-order valence-electron chi connectivity index (χ0n) is 15.5. The van der Waals surface area contributed by atoms with E-state index in [1.807, 2.05) is 54.9 Å². The maximum atomic E-state index is 12.5. The highest BCUT2D eigenvalue weighted by Crippen LogP contribution is 2.28. The Morgan fingerprint density at radius 1 is 1.14 bits per heavy atom. The minimum Gasteiger partial charge on any atom is -0.469 e. The molecule has 0 fully saturated rings. The molecule has 0 aliphatic heterocycles. The van der Waals surface area contributed by atoms with Crippen LogP contribution < -0.4 is 5.56 Å². The fourth-order valence-electron chi connectivity index (χ4n) is 3.05. The monoisotopic (exact) mass is 405 g/mol. The molecule has 0 unspecified atom stereocenters. The lowest BCUT2D eigenvalue weighted by Crippen LogP contribution is -2.10. The summed E-state index contributed by atoms with van der Waals surface area (Å²) in [5, 5.41) is 14.2. The number of benzene rings is 1. The number of aromatic nitrogens is 7. The Hall–Kier alpha value is -3.66. The van der Waals surface area contributed by atoms with Crippen molar-refractivity contribution in [3.63, 3.8) is 0 Å². The van der Waals surface area contributed by atoms with E-state index >= 15 is 0 Å². The normalized spacial score (nSPS) is 11.4. The van der Waals surface area contributed by atoms with Crippen LogP contribution in [0, 0.1) is 6.92 Å². The summed E-state index contributed by atoms with van der Waals surface area (Å²) in [6.45, 7) is 1.87. The Kier molecular flexibility index (Phi) is 4.06. The summed E-state index contributed by atoms with van der Waals surface area (Å²) in [7, 11) is 1.86. The summed E-state index contributed by atoms with van der Waals surface area (Å²) < 4.78 is 8.83. The largest absolute Gasteiger partial charge is 0.469 e. The Labute approximate surface area is 168 Å². The number of nitrogens with one attached hydrogen (secondary N) is 1. The summed E-state index contributed by atoms with van der Waals surface area (Å²) in [6, 6.07) is 11.4. The van der Waals surface area contributed by atoms with E-state index in [2.05, 4.69) is 25.3 Å². The number of nitrogens with zero attached hydrogens (tertiary/aromatic N) is 6. The SMILES string of the molecule is Cc1occc1-c1nnc(Sc2nc3c(cnn3-c3ccccc3)c(=O)[nH]2)n1C. The van der Waals surface area contributed by atoms with E-state index in [1.54, 1.807) is 10.9 Å². The molecule has 0 aliphatic rings. The van der Waals surface area contributed by atoms with Crippen molar-refractivity contribution in [2.24, 2.45) is 7.05 Å². The van der Waals surface area contributed by atoms with Crippen molar-refractivity contribution >= 4 is 22.8 Å². The Morgan fingerprint density at radius 2 is 1.97 bits per heavy atom. The lowest BCUT2D eigenvalue weighted by Gasteiger charge is -2.05. The third-order valence-electron chi connectivity index (χ3n) is 4.54. The fourth-order valence-corrected chi connectivity index (χ4v) is 3.80. The van der Waals surface area contributed by atoms with Gasteiger partial charge >= 0.3 is 0 Å². The molecular weight excluding hydrogens is 390 g/mol. The van der Waals surface area contributed by atoms with Crippen LogP contribution >= 0.6 is 11.8 Å². The molecular formula is C19H15N7O2S. The van der Waals surface area contributed by atoms with Gasteiger partial charge in [-0.15, -0.1) is 10.2 Å². The van der Waals surface area contributed by atoms with Gasteiger partial charge in [0.25, 0.3) is 5.56 Å².